The van der Waals surface area contributed by atoms with Crippen molar-refractivity contribution in [2.45, 2.75) is 6.10 Å². The first-order valence-electron chi connectivity index (χ1n) is 4.23. The smallest absolute Gasteiger partial charge is 0.143 e. The van der Waals surface area contributed by atoms with Gasteiger partial charge in [0.25, 0.3) is 0 Å². The van der Waals surface area contributed by atoms with Gasteiger partial charge in [-0.05, 0) is 6.07 Å². The standard InChI is InChI=1S/C9H10FN3O/c10-5-1-7-6(12-4-5)2-8(13-7)9(14)3-11/h1-2,4,9,13-14H,3,11H2. The molecule has 2 aromatic heterocycles. The fraction of sp³-hybridized carbons (Fsp3) is 0.222. The van der Waals surface area contributed by atoms with E-state index in [0.717, 1.165) is 6.20 Å². The molecule has 1 atom stereocenters. The Morgan fingerprint density at radius 3 is 3.07 bits per heavy atom. The van der Waals surface area contributed by atoms with Gasteiger partial charge in [0, 0.05) is 18.3 Å². The van der Waals surface area contributed by atoms with Gasteiger partial charge in [-0.15, -0.1) is 0 Å². The number of halogens is 1. The molecule has 2 heterocycles. The van der Waals surface area contributed by atoms with Crippen molar-refractivity contribution in [3.8, 4) is 0 Å². The Morgan fingerprint density at radius 1 is 1.57 bits per heavy atom. The summed E-state index contributed by atoms with van der Waals surface area (Å²) >= 11 is 0. The van der Waals surface area contributed by atoms with Crippen LogP contribution in [0.3, 0.4) is 0 Å². The van der Waals surface area contributed by atoms with Crippen LogP contribution in [-0.2, 0) is 0 Å². The van der Waals surface area contributed by atoms with E-state index in [9.17, 15) is 9.50 Å². The summed E-state index contributed by atoms with van der Waals surface area (Å²) in [6, 6.07) is 2.99. The molecule has 0 fully saturated rings. The molecule has 0 saturated carbocycles. The fourth-order valence-electron chi connectivity index (χ4n) is 1.31. The van der Waals surface area contributed by atoms with Crippen LogP contribution in [-0.4, -0.2) is 21.6 Å². The van der Waals surface area contributed by atoms with E-state index in [1.165, 1.54) is 6.07 Å². The van der Waals surface area contributed by atoms with Gasteiger partial charge in [0.15, 0.2) is 0 Å². The maximum absolute atomic E-state index is 12.8. The molecule has 0 saturated heterocycles. The number of H-pyrrole nitrogens is 1. The lowest BCUT2D eigenvalue weighted by molar-refractivity contribution is 0.183. The summed E-state index contributed by atoms with van der Waals surface area (Å²) in [5.41, 5.74) is 7.03. The van der Waals surface area contributed by atoms with Crippen LogP contribution in [0.25, 0.3) is 11.0 Å². The van der Waals surface area contributed by atoms with Gasteiger partial charge in [-0.25, -0.2) is 4.39 Å². The first-order valence-corrected chi connectivity index (χ1v) is 4.23. The molecule has 2 rings (SSSR count). The summed E-state index contributed by atoms with van der Waals surface area (Å²) in [4.78, 5) is 6.71. The van der Waals surface area contributed by atoms with Crippen LogP contribution in [0, 0.1) is 5.82 Å². The van der Waals surface area contributed by atoms with E-state index in [4.69, 9.17) is 5.73 Å². The molecule has 2 aromatic rings. The molecule has 1 unspecified atom stereocenters. The van der Waals surface area contributed by atoms with E-state index in [1.807, 2.05) is 0 Å². The van der Waals surface area contributed by atoms with Crippen LogP contribution in [0.5, 0.6) is 0 Å². The van der Waals surface area contributed by atoms with Gasteiger partial charge in [0.2, 0.25) is 0 Å². The number of pyridine rings is 1. The number of hydrogen-bond acceptors (Lipinski definition) is 3. The third kappa shape index (κ3) is 1.47. The highest BCUT2D eigenvalue weighted by Crippen LogP contribution is 2.18. The van der Waals surface area contributed by atoms with Crippen molar-refractivity contribution in [1.82, 2.24) is 9.97 Å². The largest absolute Gasteiger partial charge is 0.386 e. The van der Waals surface area contributed by atoms with Crippen molar-refractivity contribution in [2.75, 3.05) is 6.54 Å². The Balaban J connectivity index is 2.51. The third-order valence-electron chi connectivity index (χ3n) is 2.04. The molecule has 0 aliphatic heterocycles. The van der Waals surface area contributed by atoms with Crippen molar-refractivity contribution in [1.29, 1.82) is 0 Å². The van der Waals surface area contributed by atoms with Crippen molar-refractivity contribution in [3.63, 3.8) is 0 Å². The monoisotopic (exact) mass is 195 g/mol. The number of nitrogens with two attached hydrogens (primary N) is 1. The summed E-state index contributed by atoms with van der Waals surface area (Å²) < 4.78 is 12.8. The zero-order valence-corrected chi connectivity index (χ0v) is 7.37. The maximum Gasteiger partial charge on any atom is 0.143 e. The van der Waals surface area contributed by atoms with Crippen LogP contribution >= 0.6 is 0 Å². The summed E-state index contributed by atoms with van der Waals surface area (Å²) in [5.74, 6) is -0.409. The summed E-state index contributed by atoms with van der Waals surface area (Å²) in [6.07, 6.45) is 0.377. The van der Waals surface area contributed by atoms with Crippen molar-refractivity contribution in [3.05, 3.63) is 29.8 Å². The minimum Gasteiger partial charge on any atom is -0.386 e. The van der Waals surface area contributed by atoms with Crippen LogP contribution in [0.4, 0.5) is 4.39 Å². The molecule has 4 nitrogen and oxygen atoms in total. The molecular weight excluding hydrogens is 185 g/mol. The number of rotatable bonds is 2. The number of aromatic amines is 1. The Morgan fingerprint density at radius 2 is 2.36 bits per heavy atom. The van der Waals surface area contributed by atoms with Gasteiger partial charge in [-0.1, -0.05) is 0 Å². The normalized spacial score (nSPS) is 13.4. The first-order chi connectivity index (χ1) is 6.70. The van der Waals surface area contributed by atoms with Crippen LogP contribution in [0.2, 0.25) is 0 Å². The van der Waals surface area contributed by atoms with Gasteiger partial charge in [-0.3, -0.25) is 4.98 Å². The number of nitrogens with zero attached hydrogens (tertiary/aromatic N) is 1. The average Bonchev–Trinajstić information content (AvgIpc) is 2.59. The first kappa shape index (κ1) is 9.11. The van der Waals surface area contributed by atoms with Gasteiger partial charge in [0.05, 0.1) is 17.2 Å². The number of aromatic nitrogens is 2. The van der Waals surface area contributed by atoms with Crippen molar-refractivity contribution >= 4 is 11.0 Å². The highest BCUT2D eigenvalue weighted by molar-refractivity contribution is 5.75. The van der Waals surface area contributed by atoms with Crippen LogP contribution < -0.4 is 5.73 Å². The van der Waals surface area contributed by atoms with Crippen LogP contribution in [0.15, 0.2) is 18.3 Å². The molecule has 0 aromatic carbocycles. The molecule has 0 amide bonds. The maximum atomic E-state index is 12.8. The lowest BCUT2D eigenvalue weighted by Crippen LogP contribution is -2.11. The van der Waals surface area contributed by atoms with E-state index in [1.54, 1.807) is 6.07 Å². The predicted octanol–water partition coefficient (Wildman–Crippen LogP) is 0.694. The molecule has 74 valence electrons. The zero-order chi connectivity index (χ0) is 10.1. The number of hydrogen-bond donors (Lipinski definition) is 3. The SMILES string of the molecule is NCC(O)c1cc2ncc(F)cc2[nH]1. The van der Waals surface area contributed by atoms with Crippen molar-refractivity contribution in [2.24, 2.45) is 5.73 Å². The second kappa shape index (κ2) is 3.36. The number of aliphatic hydroxyl groups excluding tert-OH is 1. The van der Waals surface area contributed by atoms with Gasteiger partial charge < -0.3 is 15.8 Å². The van der Waals surface area contributed by atoms with E-state index < -0.39 is 11.9 Å². The topological polar surface area (TPSA) is 74.9 Å². The highest BCUT2D eigenvalue weighted by Gasteiger charge is 2.09. The average molecular weight is 195 g/mol. The van der Waals surface area contributed by atoms with E-state index in [-0.39, 0.29) is 6.54 Å². The van der Waals surface area contributed by atoms with Gasteiger partial charge in [0.1, 0.15) is 11.9 Å². The molecule has 5 heteroatoms. The van der Waals surface area contributed by atoms with Gasteiger partial charge >= 0.3 is 0 Å². The number of nitrogens with one attached hydrogen (secondary N) is 1. The summed E-state index contributed by atoms with van der Waals surface area (Å²) in [5, 5.41) is 9.42. The second-order valence-corrected chi connectivity index (χ2v) is 3.06. The quantitative estimate of drug-likeness (QED) is 0.660. The Labute approximate surface area is 79.6 Å². The molecule has 0 bridgehead atoms. The molecule has 0 radical (unpaired) electrons. The van der Waals surface area contributed by atoms with E-state index in [2.05, 4.69) is 9.97 Å². The second-order valence-electron chi connectivity index (χ2n) is 3.06. The molecule has 0 spiro atoms. The Bertz CT molecular complexity index is 454. The van der Waals surface area contributed by atoms with Gasteiger partial charge in [-0.2, -0.15) is 0 Å². The van der Waals surface area contributed by atoms with Crippen molar-refractivity contribution < 1.29 is 9.50 Å². The number of fused-ring (bicyclic) bond motifs is 1. The fourth-order valence-corrected chi connectivity index (χ4v) is 1.31. The Hall–Kier alpha value is -1.46. The zero-order valence-electron chi connectivity index (χ0n) is 7.37. The van der Waals surface area contributed by atoms with E-state index >= 15 is 0 Å². The minimum absolute atomic E-state index is 0.120. The molecular formula is C9H10FN3O. The lowest BCUT2D eigenvalue weighted by atomic mass is 10.2. The minimum atomic E-state index is -0.757. The molecule has 0 aliphatic carbocycles. The molecule has 0 aliphatic rings. The Kier molecular flexibility index (Phi) is 2.18. The highest BCUT2D eigenvalue weighted by atomic mass is 19.1. The van der Waals surface area contributed by atoms with E-state index in [0.29, 0.717) is 16.7 Å². The summed E-state index contributed by atoms with van der Waals surface area (Å²) in [6.45, 7) is 0.120. The summed E-state index contributed by atoms with van der Waals surface area (Å²) in [7, 11) is 0. The van der Waals surface area contributed by atoms with Crippen LogP contribution in [0.1, 0.15) is 11.8 Å². The molecule has 4 N–H and O–H groups in total. The number of aliphatic hydroxyl groups is 1. The molecule has 14 heavy (non-hydrogen) atoms. The predicted molar refractivity (Wildman–Crippen MR) is 50.1 cm³/mol. The lowest BCUT2D eigenvalue weighted by Gasteiger charge is -2.02. The third-order valence-corrected chi connectivity index (χ3v) is 2.04.